The summed E-state index contributed by atoms with van der Waals surface area (Å²) in [7, 11) is 0. The number of aromatic nitrogens is 1. The first-order valence-corrected chi connectivity index (χ1v) is 6.05. The number of thiazole rings is 1. The van der Waals surface area contributed by atoms with Crippen LogP contribution in [0, 0.1) is 25.1 Å². The van der Waals surface area contributed by atoms with Crippen molar-refractivity contribution in [3.63, 3.8) is 0 Å². The first-order valence-electron chi connectivity index (χ1n) is 5.17. The Labute approximate surface area is 108 Å². The standard InChI is InChI=1S/C13H10FN3S/c1-3-10-5-4-6-11(12(10)14)7-15-17-13-16-9(2)8-18-13/h1,4-8H,2H3,(H,16,17). The molecule has 0 aliphatic heterocycles. The summed E-state index contributed by atoms with van der Waals surface area (Å²) in [6.45, 7) is 1.89. The maximum Gasteiger partial charge on any atom is 0.203 e. The predicted octanol–water partition coefficient (Wildman–Crippen LogP) is 3.02. The largest absolute Gasteiger partial charge is 0.253 e. The smallest absolute Gasteiger partial charge is 0.203 e. The van der Waals surface area contributed by atoms with Crippen LogP contribution in [-0.4, -0.2) is 11.2 Å². The fourth-order valence-corrected chi connectivity index (χ4v) is 1.96. The van der Waals surface area contributed by atoms with Crippen LogP contribution in [0.25, 0.3) is 0 Å². The number of nitrogens with zero attached hydrogens (tertiary/aromatic N) is 2. The minimum absolute atomic E-state index is 0.226. The van der Waals surface area contributed by atoms with Gasteiger partial charge in [0.2, 0.25) is 5.13 Å². The molecule has 0 amide bonds. The first-order chi connectivity index (χ1) is 8.70. The molecule has 5 heteroatoms. The van der Waals surface area contributed by atoms with Crippen molar-refractivity contribution in [3.8, 4) is 12.3 Å². The molecule has 18 heavy (non-hydrogen) atoms. The van der Waals surface area contributed by atoms with Gasteiger partial charge in [-0.3, -0.25) is 5.43 Å². The molecule has 1 aromatic heterocycles. The molecule has 0 bridgehead atoms. The quantitative estimate of drug-likeness (QED) is 0.522. The third-order valence-corrected chi connectivity index (χ3v) is 3.03. The molecule has 0 aliphatic rings. The van der Waals surface area contributed by atoms with E-state index in [-0.39, 0.29) is 5.56 Å². The third kappa shape index (κ3) is 2.73. The average Bonchev–Trinajstić information content (AvgIpc) is 2.77. The van der Waals surface area contributed by atoms with E-state index in [1.807, 2.05) is 12.3 Å². The Balaban J connectivity index is 2.12. The minimum Gasteiger partial charge on any atom is -0.253 e. The number of anilines is 1. The molecule has 2 rings (SSSR count). The Bertz CT molecular complexity index is 625. The van der Waals surface area contributed by atoms with E-state index < -0.39 is 5.82 Å². The molecule has 1 N–H and O–H groups in total. The lowest BCUT2D eigenvalue weighted by Gasteiger charge is -1.98. The summed E-state index contributed by atoms with van der Waals surface area (Å²) < 4.78 is 13.7. The van der Waals surface area contributed by atoms with Crippen LogP contribution < -0.4 is 5.43 Å². The van der Waals surface area contributed by atoms with Gasteiger partial charge in [-0.25, -0.2) is 9.37 Å². The molecule has 0 fully saturated rings. The molecule has 3 nitrogen and oxygen atoms in total. The number of hydrogen-bond acceptors (Lipinski definition) is 4. The van der Waals surface area contributed by atoms with Crippen molar-refractivity contribution < 1.29 is 4.39 Å². The molecule has 0 aliphatic carbocycles. The summed E-state index contributed by atoms with van der Waals surface area (Å²) in [4.78, 5) is 4.17. The van der Waals surface area contributed by atoms with Crippen LogP contribution in [0.2, 0.25) is 0 Å². The number of halogens is 1. The molecule has 0 atom stereocenters. The average molecular weight is 259 g/mol. The summed E-state index contributed by atoms with van der Waals surface area (Å²) in [6.07, 6.45) is 6.57. The van der Waals surface area contributed by atoms with Gasteiger partial charge in [0.05, 0.1) is 17.5 Å². The summed E-state index contributed by atoms with van der Waals surface area (Å²) in [5, 5.41) is 6.49. The van der Waals surface area contributed by atoms with Gasteiger partial charge in [-0.15, -0.1) is 17.8 Å². The van der Waals surface area contributed by atoms with Gasteiger partial charge in [0, 0.05) is 10.9 Å². The highest BCUT2D eigenvalue weighted by molar-refractivity contribution is 7.13. The van der Waals surface area contributed by atoms with E-state index in [2.05, 4.69) is 21.4 Å². The summed E-state index contributed by atoms with van der Waals surface area (Å²) >= 11 is 1.43. The van der Waals surface area contributed by atoms with E-state index in [4.69, 9.17) is 6.42 Å². The molecule has 1 aromatic carbocycles. The van der Waals surface area contributed by atoms with Crippen LogP contribution in [-0.2, 0) is 0 Å². The Hall–Kier alpha value is -2.19. The van der Waals surface area contributed by atoms with Crippen molar-refractivity contribution in [1.29, 1.82) is 0 Å². The highest BCUT2D eigenvalue weighted by atomic mass is 32.1. The van der Waals surface area contributed by atoms with Crippen molar-refractivity contribution in [3.05, 3.63) is 46.2 Å². The topological polar surface area (TPSA) is 37.3 Å². The number of aryl methyl sites for hydroxylation is 1. The highest BCUT2D eigenvalue weighted by Gasteiger charge is 2.03. The van der Waals surface area contributed by atoms with Gasteiger partial charge in [0.1, 0.15) is 5.82 Å². The Morgan fingerprint density at radius 1 is 1.56 bits per heavy atom. The van der Waals surface area contributed by atoms with Gasteiger partial charge in [-0.05, 0) is 13.0 Å². The van der Waals surface area contributed by atoms with Crippen molar-refractivity contribution in [1.82, 2.24) is 4.98 Å². The molecule has 0 radical (unpaired) electrons. The summed E-state index contributed by atoms with van der Waals surface area (Å²) in [5.74, 6) is 1.84. The summed E-state index contributed by atoms with van der Waals surface area (Å²) in [5.41, 5.74) is 4.22. The normalized spacial score (nSPS) is 10.5. The minimum atomic E-state index is -0.444. The van der Waals surface area contributed by atoms with Crippen LogP contribution in [0.5, 0.6) is 0 Å². The Morgan fingerprint density at radius 3 is 3.06 bits per heavy atom. The van der Waals surface area contributed by atoms with Crippen LogP contribution in [0.3, 0.4) is 0 Å². The Kier molecular flexibility index (Phi) is 3.70. The molecule has 0 saturated heterocycles. The van der Waals surface area contributed by atoms with E-state index in [1.165, 1.54) is 17.6 Å². The second-order valence-electron chi connectivity index (χ2n) is 3.52. The maximum absolute atomic E-state index is 13.7. The van der Waals surface area contributed by atoms with Crippen LogP contribution in [0.4, 0.5) is 9.52 Å². The van der Waals surface area contributed by atoms with Gasteiger partial charge in [0.25, 0.3) is 0 Å². The maximum atomic E-state index is 13.7. The molecule has 90 valence electrons. The second-order valence-corrected chi connectivity index (χ2v) is 4.38. The molecule has 0 saturated carbocycles. The number of benzene rings is 1. The summed E-state index contributed by atoms with van der Waals surface area (Å²) in [6, 6.07) is 4.84. The number of hydrazone groups is 1. The van der Waals surface area contributed by atoms with Crippen molar-refractivity contribution >= 4 is 22.7 Å². The predicted molar refractivity (Wildman–Crippen MR) is 72.4 cm³/mol. The van der Waals surface area contributed by atoms with Crippen LogP contribution >= 0.6 is 11.3 Å². The van der Waals surface area contributed by atoms with E-state index in [1.54, 1.807) is 18.2 Å². The van der Waals surface area contributed by atoms with E-state index in [0.29, 0.717) is 10.7 Å². The molecule has 0 unspecified atom stereocenters. The lowest BCUT2D eigenvalue weighted by molar-refractivity contribution is 0.622. The zero-order valence-electron chi connectivity index (χ0n) is 9.64. The number of rotatable bonds is 3. The zero-order chi connectivity index (χ0) is 13.0. The second kappa shape index (κ2) is 5.43. The van der Waals surface area contributed by atoms with Gasteiger partial charge >= 0.3 is 0 Å². The third-order valence-electron chi connectivity index (χ3n) is 2.17. The Morgan fingerprint density at radius 2 is 2.39 bits per heavy atom. The molecule has 0 spiro atoms. The van der Waals surface area contributed by atoms with E-state index >= 15 is 0 Å². The van der Waals surface area contributed by atoms with Crippen molar-refractivity contribution in [2.24, 2.45) is 5.10 Å². The van der Waals surface area contributed by atoms with Crippen molar-refractivity contribution in [2.45, 2.75) is 6.92 Å². The monoisotopic (exact) mass is 259 g/mol. The van der Waals surface area contributed by atoms with E-state index in [9.17, 15) is 4.39 Å². The van der Waals surface area contributed by atoms with Gasteiger partial charge < -0.3 is 0 Å². The van der Waals surface area contributed by atoms with Crippen LogP contribution in [0.15, 0.2) is 28.7 Å². The lowest BCUT2D eigenvalue weighted by atomic mass is 10.1. The van der Waals surface area contributed by atoms with Gasteiger partial charge in [-0.1, -0.05) is 18.1 Å². The number of terminal acetylenes is 1. The molecular formula is C13H10FN3S. The first kappa shape index (κ1) is 12.3. The van der Waals surface area contributed by atoms with Gasteiger partial charge in [-0.2, -0.15) is 5.10 Å². The lowest BCUT2D eigenvalue weighted by Crippen LogP contribution is -1.95. The number of hydrogen-bond donors (Lipinski definition) is 1. The van der Waals surface area contributed by atoms with Crippen LogP contribution in [0.1, 0.15) is 16.8 Å². The van der Waals surface area contributed by atoms with Crippen molar-refractivity contribution in [2.75, 3.05) is 5.43 Å². The molecule has 2 aromatic rings. The van der Waals surface area contributed by atoms with Gasteiger partial charge in [0.15, 0.2) is 0 Å². The fourth-order valence-electron chi connectivity index (χ4n) is 1.32. The SMILES string of the molecule is C#Cc1cccc(C=NNc2nc(C)cs2)c1F. The number of nitrogens with one attached hydrogen (secondary N) is 1. The zero-order valence-corrected chi connectivity index (χ0v) is 10.5. The highest BCUT2D eigenvalue weighted by Crippen LogP contribution is 2.14. The molecule has 1 heterocycles. The molecular weight excluding hydrogens is 249 g/mol. The van der Waals surface area contributed by atoms with E-state index in [0.717, 1.165) is 5.69 Å². The fraction of sp³-hybridized carbons (Fsp3) is 0.0769.